The minimum absolute atomic E-state index is 0.324. The number of allylic oxidation sites excluding steroid dienone is 2. The van der Waals surface area contributed by atoms with Crippen molar-refractivity contribution in [2.24, 2.45) is 11.8 Å². The molecule has 2 rings (SSSR count). The maximum Gasteiger partial charge on any atom is 0.307 e. The first-order valence-electron chi connectivity index (χ1n) is 6.94. The number of carbonyl (C=O) groups is 3. The van der Waals surface area contributed by atoms with E-state index in [9.17, 15) is 14.4 Å². The second-order valence-corrected chi connectivity index (χ2v) is 6.35. The maximum atomic E-state index is 12.1. The van der Waals surface area contributed by atoms with Gasteiger partial charge in [-0.1, -0.05) is 12.2 Å². The summed E-state index contributed by atoms with van der Waals surface area (Å²) in [6.07, 6.45) is 4.23. The van der Waals surface area contributed by atoms with Gasteiger partial charge in [0.05, 0.1) is 17.4 Å². The topological polar surface area (TPSA) is 95.5 Å². The lowest BCUT2D eigenvalue weighted by molar-refractivity contribution is -0.147. The molecule has 3 N–H and O–H groups in total. The van der Waals surface area contributed by atoms with Crippen LogP contribution < -0.4 is 10.9 Å². The van der Waals surface area contributed by atoms with E-state index in [4.69, 9.17) is 5.11 Å². The van der Waals surface area contributed by atoms with Crippen LogP contribution in [0.25, 0.3) is 0 Å². The van der Waals surface area contributed by atoms with Crippen LogP contribution in [0.5, 0.6) is 0 Å². The van der Waals surface area contributed by atoms with Crippen LogP contribution in [-0.2, 0) is 9.59 Å². The Kier molecular flexibility index (Phi) is 4.97. The smallest absolute Gasteiger partial charge is 0.307 e. The fraction of sp³-hybridized carbons (Fsp3) is 0.400. The molecule has 1 heterocycles. The minimum atomic E-state index is -1.000. The molecule has 1 aliphatic carbocycles. The number of thiophene rings is 1. The molecule has 1 aromatic heterocycles. The largest absolute Gasteiger partial charge is 0.481 e. The van der Waals surface area contributed by atoms with Crippen molar-refractivity contribution < 1.29 is 19.5 Å². The molecule has 0 saturated heterocycles. The van der Waals surface area contributed by atoms with E-state index in [-0.39, 0.29) is 0 Å². The third-order valence-corrected chi connectivity index (χ3v) is 4.93. The van der Waals surface area contributed by atoms with Gasteiger partial charge in [0.25, 0.3) is 5.91 Å². The summed E-state index contributed by atoms with van der Waals surface area (Å²) in [5.74, 6) is -3.30. The number of carboxylic acid groups (broad SMARTS) is 1. The molecule has 118 valence electrons. The molecule has 2 amide bonds. The number of aliphatic carboxylic acids is 1. The van der Waals surface area contributed by atoms with Crippen molar-refractivity contribution in [3.05, 3.63) is 33.5 Å². The summed E-state index contributed by atoms with van der Waals surface area (Å²) in [7, 11) is 0. The summed E-state index contributed by atoms with van der Waals surface area (Å²) in [6.45, 7) is 3.76. The lowest BCUT2D eigenvalue weighted by Gasteiger charge is -2.24. The lowest BCUT2D eigenvalue weighted by Crippen LogP contribution is -2.47. The van der Waals surface area contributed by atoms with Crippen LogP contribution in [0.3, 0.4) is 0 Å². The maximum absolute atomic E-state index is 12.1. The van der Waals surface area contributed by atoms with Gasteiger partial charge in [-0.15, -0.1) is 11.3 Å². The molecule has 1 aromatic rings. The van der Waals surface area contributed by atoms with Crippen LogP contribution in [0.1, 0.15) is 33.6 Å². The number of hydrazine groups is 1. The quantitative estimate of drug-likeness (QED) is 0.584. The number of amides is 2. The van der Waals surface area contributed by atoms with Gasteiger partial charge in [-0.25, -0.2) is 0 Å². The second kappa shape index (κ2) is 6.74. The highest BCUT2D eigenvalue weighted by Crippen LogP contribution is 2.26. The van der Waals surface area contributed by atoms with Crippen LogP contribution in [0, 0.1) is 25.7 Å². The molecular weight excluding hydrogens is 304 g/mol. The number of nitrogens with one attached hydrogen (secondary N) is 2. The molecule has 0 radical (unpaired) electrons. The molecule has 0 bridgehead atoms. The number of rotatable bonds is 3. The molecule has 2 atom stereocenters. The first kappa shape index (κ1) is 16.2. The van der Waals surface area contributed by atoms with Crippen LogP contribution in [0.15, 0.2) is 17.5 Å². The van der Waals surface area contributed by atoms with Crippen LogP contribution in [0.4, 0.5) is 0 Å². The zero-order valence-electron chi connectivity index (χ0n) is 12.4. The van der Waals surface area contributed by atoms with Crippen molar-refractivity contribution in [2.75, 3.05) is 0 Å². The van der Waals surface area contributed by atoms with Crippen molar-refractivity contribution in [1.82, 2.24) is 10.9 Å². The molecule has 0 aliphatic heterocycles. The van der Waals surface area contributed by atoms with Crippen LogP contribution >= 0.6 is 11.3 Å². The molecule has 1 aliphatic rings. The van der Waals surface area contributed by atoms with Gasteiger partial charge in [-0.3, -0.25) is 25.2 Å². The summed E-state index contributed by atoms with van der Waals surface area (Å²) in [5, 5.41) is 10.9. The van der Waals surface area contributed by atoms with Crippen molar-refractivity contribution >= 4 is 29.1 Å². The van der Waals surface area contributed by atoms with E-state index in [2.05, 4.69) is 10.9 Å². The predicted molar refractivity (Wildman–Crippen MR) is 82.4 cm³/mol. The van der Waals surface area contributed by atoms with Crippen molar-refractivity contribution in [1.29, 1.82) is 0 Å². The van der Waals surface area contributed by atoms with Gasteiger partial charge in [0.2, 0.25) is 5.91 Å². The van der Waals surface area contributed by atoms with Gasteiger partial charge >= 0.3 is 5.97 Å². The number of carboxylic acids is 1. The van der Waals surface area contributed by atoms with E-state index >= 15 is 0 Å². The molecule has 0 spiro atoms. The second-order valence-electron chi connectivity index (χ2n) is 5.27. The monoisotopic (exact) mass is 322 g/mol. The standard InChI is InChI=1S/C15H18N2O4S/c1-8-9(2)22-7-12(8)14(19)17-16-13(18)10-5-3-4-6-11(10)15(20)21/h3-4,7,10-11H,5-6H2,1-2H3,(H,16,18)(H,17,19)(H,20,21). The molecule has 7 heteroatoms. The molecule has 22 heavy (non-hydrogen) atoms. The Labute approximate surface area is 132 Å². The highest BCUT2D eigenvalue weighted by atomic mass is 32.1. The fourth-order valence-corrected chi connectivity index (χ4v) is 3.26. The number of aryl methyl sites for hydroxylation is 1. The Bertz CT molecular complexity index is 635. The van der Waals surface area contributed by atoms with E-state index in [0.29, 0.717) is 18.4 Å². The average Bonchev–Trinajstić information content (AvgIpc) is 2.84. The van der Waals surface area contributed by atoms with Crippen molar-refractivity contribution in [3.8, 4) is 0 Å². The highest BCUT2D eigenvalue weighted by Gasteiger charge is 2.34. The Hall–Kier alpha value is -2.15. The summed E-state index contributed by atoms with van der Waals surface area (Å²) in [6, 6.07) is 0. The molecule has 0 fully saturated rings. The Morgan fingerprint density at radius 1 is 1.14 bits per heavy atom. The minimum Gasteiger partial charge on any atom is -0.481 e. The molecule has 0 saturated carbocycles. The van der Waals surface area contributed by atoms with E-state index < -0.39 is 29.6 Å². The molecule has 0 aromatic carbocycles. The van der Waals surface area contributed by atoms with E-state index in [1.165, 1.54) is 11.3 Å². The molecule has 6 nitrogen and oxygen atoms in total. The van der Waals surface area contributed by atoms with Crippen molar-refractivity contribution in [3.63, 3.8) is 0 Å². The third-order valence-electron chi connectivity index (χ3n) is 3.92. The van der Waals surface area contributed by atoms with E-state index in [0.717, 1.165) is 10.4 Å². The van der Waals surface area contributed by atoms with E-state index in [1.54, 1.807) is 17.5 Å². The van der Waals surface area contributed by atoms with Crippen molar-refractivity contribution in [2.45, 2.75) is 26.7 Å². The normalized spacial score (nSPS) is 20.5. The number of carbonyl (C=O) groups excluding carboxylic acids is 2. The fourth-order valence-electron chi connectivity index (χ4n) is 2.39. The van der Waals surface area contributed by atoms with E-state index in [1.807, 2.05) is 13.8 Å². The zero-order chi connectivity index (χ0) is 16.3. The third kappa shape index (κ3) is 3.36. The zero-order valence-corrected chi connectivity index (χ0v) is 13.2. The van der Waals surface area contributed by atoms with Gasteiger partial charge in [0.15, 0.2) is 0 Å². The van der Waals surface area contributed by atoms with Crippen LogP contribution in [0.2, 0.25) is 0 Å². The van der Waals surface area contributed by atoms with Gasteiger partial charge in [-0.2, -0.15) is 0 Å². The Morgan fingerprint density at radius 2 is 1.77 bits per heavy atom. The molecule has 2 unspecified atom stereocenters. The van der Waals surface area contributed by atoms with Crippen LogP contribution in [-0.4, -0.2) is 22.9 Å². The summed E-state index contributed by atoms with van der Waals surface area (Å²) < 4.78 is 0. The van der Waals surface area contributed by atoms with Gasteiger partial charge in [0.1, 0.15) is 0 Å². The first-order chi connectivity index (χ1) is 10.4. The number of hydrogen-bond acceptors (Lipinski definition) is 4. The Balaban J connectivity index is 1.97. The first-order valence-corrected chi connectivity index (χ1v) is 7.82. The van der Waals surface area contributed by atoms with Gasteiger partial charge in [0, 0.05) is 10.3 Å². The summed E-state index contributed by atoms with van der Waals surface area (Å²) in [5.41, 5.74) is 6.09. The average molecular weight is 322 g/mol. The lowest BCUT2D eigenvalue weighted by atomic mass is 9.82. The summed E-state index contributed by atoms with van der Waals surface area (Å²) >= 11 is 1.47. The Morgan fingerprint density at radius 3 is 2.32 bits per heavy atom. The SMILES string of the molecule is Cc1scc(C(=O)NNC(=O)C2CC=CCC2C(=O)O)c1C. The van der Waals surface area contributed by atoms with Gasteiger partial charge < -0.3 is 5.11 Å². The number of hydrogen-bond donors (Lipinski definition) is 3. The molecular formula is C15H18N2O4S. The van der Waals surface area contributed by atoms with Gasteiger partial charge in [-0.05, 0) is 32.3 Å². The highest BCUT2D eigenvalue weighted by molar-refractivity contribution is 7.10. The predicted octanol–water partition coefficient (Wildman–Crippen LogP) is 1.79. The summed E-state index contributed by atoms with van der Waals surface area (Å²) in [4.78, 5) is 36.4.